The first kappa shape index (κ1) is 15.8. The summed E-state index contributed by atoms with van der Waals surface area (Å²) in [5.41, 5.74) is 0.317. The minimum atomic E-state index is 0.317. The molecule has 4 atom stereocenters. The number of ether oxygens (including phenoxy) is 1. The van der Waals surface area contributed by atoms with Gasteiger partial charge in [-0.1, -0.05) is 26.7 Å². The smallest absolute Gasteiger partial charge is 0.0687 e. The fourth-order valence-corrected chi connectivity index (χ4v) is 5.14. The Balaban J connectivity index is 1.54. The molecule has 21 heavy (non-hydrogen) atoms. The molecule has 1 N–H and O–H groups in total. The molecule has 2 nitrogen and oxygen atoms in total. The third-order valence-corrected chi connectivity index (χ3v) is 6.32. The lowest BCUT2D eigenvalue weighted by Gasteiger charge is -2.37. The molecule has 2 heteroatoms. The maximum absolute atomic E-state index is 6.57. The van der Waals surface area contributed by atoms with Crippen molar-refractivity contribution in [2.45, 2.75) is 102 Å². The summed E-state index contributed by atoms with van der Waals surface area (Å²) < 4.78 is 6.57. The summed E-state index contributed by atoms with van der Waals surface area (Å²) >= 11 is 0. The van der Waals surface area contributed by atoms with Gasteiger partial charge in [-0.2, -0.15) is 0 Å². The number of hydrogen-bond donors (Lipinski definition) is 1. The number of rotatable bonds is 5. The Morgan fingerprint density at radius 1 is 1.10 bits per heavy atom. The quantitative estimate of drug-likeness (QED) is 0.795. The van der Waals surface area contributed by atoms with E-state index in [1.807, 2.05) is 0 Å². The van der Waals surface area contributed by atoms with Crippen LogP contribution in [-0.2, 0) is 4.74 Å². The van der Waals surface area contributed by atoms with E-state index in [0.717, 1.165) is 17.9 Å². The fourth-order valence-electron chi connectivity index (χ4n) is 5.14. The van der Waals surface area contributed by atoms with Gasteiger partial charge in [0.2, 0.25) is 0 Å². The van der Waals surface area contributed by atoms with E-state index < -0.39 is 0 Å². The van der Waals surface area contributed by atoms with Gasteiger partial charge in [-0.05, 0) is 76.2 Å². The van der Waals surface area contributed by atoms with Crippen LogP contribution in [0.4, 0.5) is 0 Å². The molecule has 0 radical (unpaired) electrons. The SMILES string of the molecule is CCCNC1CCC(C)CC1CC1CCC2(CCCC2)O1. The Bertz CT molecular complexity index is 322. The first-order valence-electron chi connectivity index (χ1n) is 9.62. The van der Waals surface area contributed by atoms with Crippen molar-refractivity contribution < 1.29 is 4.74 Å². The first-order valence-corrected chi connectivity index (χ1v) is 9.62. The molecule has 1 aliphatic heterocycles. The summed E-state index contributed by atoms with van der Waals surface area (Å²) in [6.45, 7) is 5.90. The maximum atomic E-state index is 6.57. The molecular formula is C19H35NO. The van der Waals surface area contributed by atoms with Gasteiger partial charge in [0, 0.05) is 6.04 Å². The van der Waals surface area contributed by atoms with Gasteiger partial charge in [-0.15, -0.1) is 0 Å². The van der Waals surface area contributed by atoms with E-state index in [1.54, 1.807) is 0 Å². The van der Waals surface area contributed by atoms with E-state index in [0.29, 0.717) is 11.7 Å². The molecule has 122 valence electrons. The van der Waals surface area contributed by atoms with Gasteiger partial charge in [0.25, 0.3) is 0 Å². The number of nitrogens with one attached hydrogen (secondary N) is 1. The standard InChI is InChI=1S/C19H35NO/c1-3-12-20-18-7-6-15(2)13-16(18)14-17-8-11-19(21-17)9-4-5-10-19/h15-18,20H,3-14H2,1-2H3. The van der Waals surface area contributed by atoms with Crippen LogP contribution in [0.3, 0.4) is 0 Å². The molecule has 2 aliphatic carbocycles. The molecule has 0 aromatic rings. The molecule has 3 aliphatic rings. The molecule has 1 saturated heterocycles. The van der Waals surface area contributed by atoms with Crippen molar-refractivity contribution in [3.05, 3.63) is 0 Å². The molecule has 1 heterocycles. The summed E-state index contributed by atoms with van der Waals surface area (Å²) in [5.74, 6) is 1.76. The van der Waals surface area contributed by atoms with Gasteiger partial charge in [0.1, 0.15) is 0 Å². The Kier molecular flexibility index (Phi) is 5.27. The van der Waals surface area contributed by atoms with E-state index in [2.05, 4.69) is 19.2 Å². The fraction of sp³-hybridized carbons (Fsp3) is 1.00. The van der Waals surface area contributed by atoms with Crippen LogP contribution in [0.5, 0.6) is 0 Å². The normalized spacial score (nSPS) is 39.1. The summed E-state index contributed by atoms with van der Waals surface area (Å²) in [6.07, 6.45) is 15.5. The Hall–Kier alpha value is -0.0800. The predicted octanol–water partition coefficient (Wildman–Crippen LogP) is 4.67. The average Bonchev–Trinajstić information content (AvgIpc) is 3.09. The van der Waals surface area contributed by atoms with Crippen LogP contribution in [0.2, 0.25) is 0 Å². The van der Waals surface area contributed by atoms with Crippen LogP contribution >= 0.6 is 0 Å². The highest BCUT2D eigenvalue weighted by Crippen LogP contribution is 2.45. The lowest BCUT2D eigenvalue weighted by molar-refractivity contribution is -0.0486. The van der Waals surface area contributed by atoms with Gasteiger partial charge in [0.15, 0.2) is 0 Å². The van der Waals surface area contributed by atoms with Crippen molar-refractivity contribution in [1.29, 1.82) is 0 Å². The predicted molar refractivity (Wildman–Crippen MR) is 88.5 cm³/mol. The van der Waals surface area contributed by atoms with Crippen molar-refractivity contribution in [3.8, 4) is 0 Å². The van der Waals surface area contributed by atoms with E-state index in [4.69, 9.17) is 4.74 Å². The largest absolute Gasteiger partial charge is 0.372 e. The Morgan fingerprint density at radius 3 is 2.67 bits per heavy atom. The van der Waals surface area contributed by atoms with Crippen molar-refractivity contribution in [3.63, 3.8) is 0 Å². The van der Waals surface area contributed by atoms with Gasteiger partial charge >= 0.3 is 0 Å². The Labute approximate surface area is 131 Å². The summed E-state index contributed by atoms with van der Waals surface area (Å²) in [7, 11) is 0. The topological polar surface area (TPSA) is 21.3 Å². The second kappa shape index (κ2) is 7.00. The molecule has 0 amide bonds. The van der Waals surface area contributed by atoms with Gasteiger partial charge in [-0.25, -0.2) is 0 Å². The minimum absolute atomic E-state index is 0.317. The maximum Gasteiger partial charge on any atom is 0.0687 e. The molecule has 2 saturated carbocycles. The van der Waals surface area contributed by atoms with Crippen LogP contribution in [0.25, 0.3) is 0 Å². The van der Waals surface area contributed by atoms with Crippen molar-refractivity contribution in [2.24, 2.45) is 11.8 Å². The van der Waals surface area contributed by atoms with Crippen LogP contribution < -0.4 is 5.32 Å². The second-order valence-corrected chi connectivity index (χ2v) is 8.14. The Morgan fingerprint density at radius 2 is 1.90 bits per heavy atom. The number of hydrogen-bond acceptors (Lipinski definition) is 2. The summed E-state index contributed by atoms with van der Waals surface area (Å²) in [4.78, 5) is 0. The van der Waals surface area contributed by atoms with E-state index in [9.17, 15) is 0 Å². The minimum Gasteiger partial charge on any atom is -0.372 e. The summed E-state index contributed by atoms with van der Waals surface area (Å²) in [6, 6.07) is 0.755. The van der Waals surface area contributed by atoms with E-state index in [-0.39, 0.29) is 0 Å². The highest BCUT2D eigenvalue weighted by Gasteiger charge is 2.43. The van der Waals surface area contributed by atoms with E-state index in [1.165, 1.54) is 77.2 Å². The third kappa shape index (κ3) is 3.82. The molecule has 0 bridgehead atoms. The highest BCUT2D eigenvalue weighted by atomic mass is 16.5. The average molecular weight is 293 g/mol. The third-order valence-electron chi connectivity index (χ3n) is 6.32. The van der Waals surface area contributed by atoms with Crippen LogP contribution in [0, 0.1) is 11.8 Å². The molecular weight excluding hydrogens is 258 g/mol. The van der Waals surface area contributed by atoms with Crippen LogP contribution in [0.15, 0.2) is 0 Å². The van der Waals surface area contributed by atoms with E-state index >= 15 is 0 Å². The van der Waals surface area contributed by atoms with Gasteiger partial charge in [0.05, 0.1) is 11.7 Å². The van der Waals surface area contributed by atoms with Gasteiger partial charge < -0.3 is 10.1 Å². The molecule has 3 rings (SSSR count). The molecule has 0 aromatic carbocycles. The zero-order valence-electron chi connectivity index (χ0n) is 14.2. The van der Waals surface area contributed by atoms with Crippen LogP contribution in [0.1, 0.15) is 84.5 Å². The zero-order valence-corrected chi connectivity index (χ0v) is 14.2. The monoisotopic (exact) mass is 293 g/mol. The van der Waals surface area contributed by atoms with Crippen molar-refractivity contribution in [1.82, 2.24) is 5.32 Å². The lowest BCUT2D eigenvalue weighted by Crippen LogP contribution is -2.42. The van der Waals surface area contributed by atoms with Gasteiger partial charge in [-0.3, -0.25) is 0 Å². The molecule has 4 unspecified atom stereocenters. The van der Waals surface area contributed by atoms with Crippen molar-refractivity contribution in [2.75, 3.05) is 6.54 Å². The highest BCUT2D eigenvalue weighted by molar-refractivity contribution is 4.94. The second-order valence-electron chi connectivity index (χ2n) is 8.14. The lowest BCUT2D eigenvalue weighted by atomic mass is 9.76. The molecule has 0 aromatic heterocycles. The first-order chi connectivity index (χ1) is 10.2. The summed E-state index contributed by atoms with van der Waals surface area (Å²) in [5, 5.41) is 3.82. The van der Waals surface area contributed by atoms with Crippen LogP contribution in [-0.4, -0.2) is 24.3 Å². The van der Waals surface area contributed by atoms with Crippen molar-refractivity contribution >= 4 is 0 Å². The molecule has 3 fully saturated rings. The zero-order chi connectivity index (χ0) is 14.7. The molecule has 1 spiro atoms.